The molecular weight excluding hydrogens is 366 g/mol. The second-order valence-corrected chi connectivity index (χ2v) is 8.08. The summed E-state index contributed by atoms with van der Waals surface area (Å²) in [6.45, 7) is 12.1. The van der Waals surface area contributed by atoms with E-state index in [1.165, 1.54) is 12.8 Å². The van der Waals surface area contributed by atoms with Gasteiger partial charge in [-0.25, -0.2) is 4.98 Å². The van der Waals surface area contributed by atoms with Gasteiger partial charge in [-0.3, -0.25) is 0 Å². The first-order valence-electron chi connectivity index (χ1n) is 10.8. The van der Waals surface area contributed by atoms with E-state index in [-0.39, 0.29) is 6.10 Å². The first-order valence-corrected chi connectivity index (χ1v) is 10.8. The third kappa shape index (κ3) is 4.95. The lowest BCUT2D eigenvalue weighted by Crippen LogP contribution is -2.56. The number of anilines is 1. The summed E-state index contributed by atoms with van der Waals surface area (Å²) in [7, 11) is 1.81. The number of hydrogen-bond acceptors (Lipinski definition) is 7. The molecule has 0 bridgehead atoms. The van der Waals surface area contributed by atoms with Crippen molar-refractivity contribution in [2.45, 2.75) is 78.5 Å². The Balaban J connectivity index is 1.84. The van der Waals surface area contributed by atoms with Gasteiger partial charge in [0.15, 0.2) is 5.82 Å². The van der Waals surface area contributed by atoms with E-state index in [1.54, 1.807) is 7.11 Å². The van der Waals surface area contributed by atoms with Crippen LogP contribution < -0.4 is 10.2 Å². The molecule has 0 radical (unpaired) electrons. The molecule has 0 amide bonds. The molecule has 2 aromatic heterocycles. The van der Waals surface area contributed by atoms with Gasteiger partial charge in [0.1, 0.15) is 5.82 Å². The summed E-state index contributed by atoms with van der Waals surface area (Å²) in [5.41, 5.74) is 3.03. The van der Waals surface area contributed by atoms with Crippen molar-refractivity contribution >= 4 is 5.82 Å². The van der Waals surface area contributed by atoms with Crippen LogP contribution in [0.3, 0.4) is 0 Å². The van der Waals surface area contributed by atoms with E-state index in [2.05, 4.69) is 47.2 Å². The van der Waals surface area contributed by atoms with Crippen LogP contribution in [-0.4, -0.2) is 53.5 Å². The Bertz CT molecular complexity index is 806. The van der Waals surface area contributed by atoms with Gasteiger partial charge in [-0.1, -0.05) is 25.4 Å². The molecule has 29 heavy (non-hydrogen) atoms. The second-order valence-electron chi connectivity index (χ2n) is 8.08. The van der Waals surface area contributed by atoms with Gasteiger partial charge in [0.2, 0.25) is 0 Å². The van der Waals surface area contributed by atoms with Gasteiger partial charge in [-0.15, -0.1) is 0 Å². The van der Waals surface area contributed by atoms with Crippen molar-refractivity contribution in [3.63, 3.8) is 0 Å². The van der Waals surface area contributed by atoms with Crippen LogP contribution in [0.25, 0.3) is 11.5 Å². The zero-order valence-corrected chi connectivity index (χ0v) is 18.7. The Morgan fingerprint density at radius 1 is 1.28 bits per heavy atom. The predicted molar refractivity (Wildman–Crippen MR) is 115 cm³/mol. The molecule has 0 saturated carbocycles. The molecule has 1 aliphatic heterocycles. The Labute approximate surface area is 174 Å². The summed E-state index contributed by atoms with van der Waals surface area (Å²) < 4.78 is 11.4. The summed E-state index contributed by atoms with van der Waals surface area (Å²) in [4.78, 5) is 11.6. The lowest BCUT2D eigenvalue weighted by Gasteiger charge is -2.40. The van der Waals surface area contributed by atoms with Crippen LogP contribution in [-0.2, 0) is 4.74 Å². The molecule has 0 aliphatic carbocycles. The molecule has 1 fully saturated rings. The Kier molecular flexibility index (Phi) is 7.24. The number of ether oxygens (including phenoxy) is 1. The van der Waals surface area contributed by atoms with E-state index in [1.807, 2.05) is 13.8 Å². The molecule has 0 spiro atoms. The molecule has 3 heterocycles. The van der Waals surface area contributed by atoms with E-state index in [0.717, 1.165) is 48.6 Å². The molecule has 3 rings (SSSR count). The molecule has 1 aliphatic rings. The van der Waals surface area contributed by atoms with E-state index in [4.69, 9.17) is 14.2 Å². The summed E-state index contributed by atoms with van der Waals surface area (Å²) in [5, 5.41) is 7.80. The Hall–Kier alpha value is -1.99. The lowest BCUT2D eigenvalue weighted by atomic mass is 9.98. The summed E-state index contributed by atoms with van der Waals surface area (Å²) in [6.07, 6.45) is 4.66. The zero-order chi connectivity index (χ0) is 21.0. The van der Waals surface area contributed by atoms with Crippen LogP contribution in [0.4, 0.5) is 5.82 Å². The minimum Gasteiger partial charge on any atom is -0.378 e. The van der Waals surface area contributed by atoms with Gasteiger partial charge < -0.3 is 19.5 Å². The second kappa shape index (κ2) is 9.67. The fourth-order valence-corrected chi connectivity index (χ4v) is 4.09. The van der Waals surface area contributed by atoms with Gasteiger partial charge in [-0.2, -0.15) is 4.98 Å². The average molecular weight is 402 g/mol. The summed E-state index contributed by atoms with van der Waals surface area (Å²) in [6, 6.07) is 3.00. The van der Waals surface area contributed by atoms with Crippen LogP contribution in [0.1, 0.15) is 56.6 Å². The van der Waals surface area contributed by atoms with Gasteiger partial charge >= 0.3 is 0 Å². The Morgan fingerprint density at radius 3 is 2.69 bits per heavy atom. The maximum atomic E-state index is 5.90. The highest BCUT2D eigenvalue weighted by molar-refractivity contribution is 5.71. The molecule has 2 aromatic rings. The standard InChI is InChI=1S/C22H35N5O2/c1-7-9-17(8-2)25-19-10-11-27(13-20(19)28-6)21-18(12-14(3)15(4)23-21)22-24-16(5)26-29-22/h12,17,19-20,25H,7-11,13H2,1-6H3/t17?,19-,20+/m1/s1. The fraction of sp³-hybridized carbons (Fsp3) is 0.682. The number of rotatable bonds is 8. The quantitative estimate of drug-likeness (QED) is 0.720. The maximum absolute atomic E-state index is 5.90. The van der Waals surface area contributed by atoms with Crippen LogP contribution in [0, 0.1) is 20.8 Å². The SMILES string of the molecule is CCCC(CC)N[C@@H]1CCN(c2nc(C)c(C)cc2-c2nc(C)no2)C[C@@H]1OC. The highest BCUT2D eigenvalue weighted by atomic mass is 16.5. The first kappa shape index (κ1) is 21.7. The number of aryl methyl sites for hydroxylation is 3. The van der Waals surface area contributed by atoms with Crippen molar-refractivity contribution in [1.29, 1.82) is 0 Å². The van der Waals surface area contributed by atoms with Crippen LogP contribution in [0.5, 0.6) is 0 Å². The average Bonchev–Trinajstić information content (AvgIpc) is 3.15. The van der Waals surface area contributed by atoms with Crippen molar-refractivity contribution in [3.8, 4) is 11.5 Å². The number of piperidine rings is 1. The fourth-order valence-electron chi connectivity index (χ4n) is 4.09. The third-order valence-corrected chi connectivity index (χ3v) is 5.95. The van der Waals surface area contributed by atoms with E-state index >= 15 is 0 Å². The van der Waals surface area contributed by atoms with E-state index in [0.29, 0.717) is 23.8 Å². The van der Waals surface area contributed by atoms with Gasteiger partial charge in [0.05, 0.1) is 11.7 Å². The highest BCUT2D eigenvalue weighted by Gasteiger charge is 2.32. The Morgan fingerprint density at radius 2 is 2.07 bits per heavy atom. The molecule has 1 unspecified atom stereocenters. The number of nitrogens with zero attached hydrogens (tertiary/aromatic N) is 4. The summed E-state index contributed by atoms with van der Waals surface area (Å²) in [5.74, 6) is 2.05. The van der Waals surface area contributed by atoms with Crippen molar-refractivity contribution in [2.24, 2.45) is 0 Å². The molecule has 7 heteroatoms. The number of hydrogen-bond donors (Lipinski definition) is 1. The number of pyridine rings is 1. The van der Waals surface area contributed by atoms with Crippen molar-refractivity contribution in [1.82, 2.24) is 20.4 Å². The molecule has 1 saturated heterocycles. The van der Waals surface area contributed by atoms with E-state index in [9.17, 15) is 0 Å². The third-order valence-electron chi connectivity index (χ3n) is 5.95. The highest BCUT2D eigenvalue weighted by Crippen LogP contribution is 2.32. The van der Waals surface area contributed by atoms with E-state index < -0.39 is 0 Å². The summed E-state index contributed by atoms with van der Waals surface area (Å²) >= 11 is 0. The lowest BCUT2D eigenvalue weighted by molar-refractivity contribution is 0.0548. The first-order chi connectivity index (χ1) is 14.0. The minimum atomic E-state index is 0.107. The molecule has 7 nitrogen and oxygen atoms in total. The van der Waals surface area contributed by atoms with Crippen LogP contribution in [0.15, 0.2) is 10.6 Å². The topological polar surface area (TPSA) is 76.3 Å². The van der Waals surface area contributed by atoms with Crippen LogP contribution >= 0.6 is 0 Å². The van der Waals surface area contributed by atoms with Crippen LogP contribution in [0.2, 0.25) is 0 Å². The number of nitrogens with one attached hydrogen (secondary N) is 1. The van der Waals surface area contributed by atoms with Crippen molar-refractivity contribution in [2.75, 3.05) is 25.1 Å². The molecular formula is C22H35N5O2. The van der Waals surface area contributed by atoms with Gasteiger partial charge in [-0.05, 0) is 51.7 Å². The molecule has 0 aromatic carbocycles. The number of methoxy groups -OCH3 is 1. The largest absolute Gasteiger partial charge is 0.378 e. The van der Waals surface area contributed by atoms with Crippen molar-refractivity contribution < 1.29 is 9.26 Å². The monoisotopic (exact) mass is 401 g/mol. The maximum Gasteiger partial charge on any atom is 0.261 e. The normalized spacial score (nSPS) is 20.8. The van der Waals surface area contributed by atoms with Gasteiger partial charge in [0.25, 0.3) is 5.89 Å². The smallest absolute Gasteiger partial charge is 0.261 e. The zero-order valence-electron chi connectivity index (χ0n) is 18.7. The number of aromatic nitrogens is 3. The molecule has 160 valence electrons. The molecule has 1 N–H and O–H groups in total. The molecule has 3 atom stereocenters. The van der Waals surface area contributed by atoms with Crippen molar-refractivity contribution in [3.05, 3.63) is 23.1 Å². The van der Waals surface area contributed by atoms with Gasteiger partial charge in [0, 0.05) is 38.0 Å². The minimum absolute atomic E-state index is 0.107. The predicted octanol–water partition coefficient (Wildman–Crippen LogP) is 3.82.